The van der Waals surface area contributed by atoms with Gasteiger partial charge in [-0.05, 0) is 45.2 Å². The van der Waals surface area contributed by atoms with Crippen LogP contribution in [0, 0.1) is 5.92 Å². The fraction of sp³-hybridized carbons (Fsp3) is 1.00. The second-order valence-corrected chi connectivity index (χ2v) is 6.80. The third-order valence-corrected chi connectivity index (χ3v) is 5.15. The zero-order valence-corrected chi connectivity index (χ0v) is 11.2. The maximum Gasteiger partial charge on any atom is 0.214 e. The Balaban J connectivity index is 2.47. The lowest BCUT2D eigenvalue weighted by atomic mass is 10.0. The smallest absolute Gasteiger partial charge is 0.214 e. The van der Waals surface area contributed by atoms with Gasteiger partial charge in [-0.1, -0.05) is 6.92 Å². The lowest BCUT2D eigenvalue weighted by molar-refractivity contribution is 0.416. The summed E-state index contributed by atoms with van der Waals surface area (Å²) < 4.78 is 25.7. The summed E-state index contributed by atoms with van der Waals surface area (Å²) in [5, 5.41) is 2.98. The van der Waals surface area contributed by atoms with Gasteiger partial charge in [0.1, 0.15) is 0 Å². The van der Waals surface area contributed by atoms with E-state index in [0.717, 1.165) is 25.8 Å². The van der Waals surface area contributed by atoms with Gasteiger partial charge in [0, 0.05) is 13.1 Å². The first-order valence-electron chi connectivity index (χ1n) is 6.18. The molecule has 1 aliphatic heterocycles. The third-order valence-electron chi connectivity index (χ3n) is 3.20. The van der Waals surface area contributed by atoms with Gasteiger partial charge in [-0.3, -0.25) is 0 Å². The molecule has 0 bridgehead atoms. The van der Waals surface area contributed by atoms with Crippen molar-refractivity contribution in [1.29, 1.82) is 0 Å². The second kappa shape index (κ2) is 6.57. The van der Waals surface area contributed by atoms with Gasteiger partial charge in [0.05, 0.1) is 5.75 Å². The van der Waals surface area contributed by atoms with Crippen LogP contribution in [0.5, 0.6) is 0 Å². The van der Waals surface area contributed by atoms with Crippen molar-refractivity contribution in [3.63, 3.8) is 0 Å². The van der Waals surface area contributed by atoms with E-state index in [1.807, 2.05) is 7.05 Å². The number of hydrogen-bond acceptors (Lipinski definition) is 3. The van der Waals surface area contributed by atoms with Gasteiger partial charge >= 0.3 is 0 Å². The molecule has 0 spiro atoms. The first-order chi connectivity index (χ1) is 7.56. The lowest BCUT2D eigenvalue weighted by Crippen LogP contribution is -2.34. The summed E-state index contributed by atoms with van der Waals surface area (Å²) in [7, 11) is -1.16. The van der Waals surface area contributed by atoms with Crippen molar-refractivity contribution in [2.24, 2.45) is 5.92 Å². The molecule has 16 heavy (non-hydrogen) atoms. The molecule has 0 aliphatic carbocycles. The number of rotatable bonds is 5. The van der Waals surface area contributed by atoms with Crippen LogP contribution in [0.2, 0.25) is 0 Å². The Morgan fingerprint density at radius 3 is 2.75 bits per heavy atom. The van der Waals surface area contributed by atoms with E-state index in [9.17, 15) is 8.42 Å². The van der Waals surface area contributed by atoms with E-state index in [1.165, 1.54) is 0 Å². The topological polar surface area (TPSA) is 49.4 Å². The van der Waals surface area contributed by atoms with Crippen molar-refractivity contribution in [2.75, 3.05) is 32.4 Å². The summed E-state index contributed by atoms with van der Waals surface area (Å²) in [5.74, 6) is 0.944. The van der Waals surface area contributed by atoms with E-state index in [2.05, 4.69) is 12.2 Å². The Morgan fingerprint density at radius 1 is 1.31 bits per heavy atom. The highest BCUT2D eigenvalue weighted by Crippen LogP contribution is 2.19. The standard InChI is InChI=1S/C11H24N2O2S/c1-11-5-3-8-13(9-6-11)16(14,15)10-4-7-12-2/h11-12H,3-10H2,1-2H3. The van der Waals surface area contributed by atoms with Crippen LogP contribution in [0.4, 0.5) is 0 Å². The maximum absolute atomic E-state index is 12.0. The number of hydrogen-bond donors (Lipinski definition) is 1. The Bertz CT molecular complexity index is 290. The maximum atomic E-state index is 12.0. The first kappa shape index (κ1) is 13.9. The van der Waals surface area contributed by atoms with Crippen LogP contribution in [0.25, 0.3) is 0 Å². The molecular formula is C11H24N2O2S. The molecule has 0 saturated carbocycles. The summed E-state index contributed by atoms with van der Waals surface area (Å²) in [6.07, 6.45) is 3.87. The highest BCUT2D eigenvalue weighted by Gasteiger charge is 2.23. The zero-order chi connectivity index (χ0) is 12.0. The third kappa shape index (κ3) is 4.39. The molecule has 1 rings (SSSR count). The second-order valence-electron chi connectivity index (χ2n) is 4.71. The van der Waals surface area contributed by atoms with E-state index in [-0.39, 0.29) is 5.75 Å². The average Bonchev–Trinajstić information content (AvgIpc) is 2.43. The number of nitrogens with one attached hydrogen (secondary N) is 1. The van der Waals surface area contributed by atoms with Crippen molar-refractivity contribution >= 4 is 10.0 Å². The Morgan fingerprint density at radius 2 is 2.06 bits per heavy atom. The van der Waals surface area contributed by atoms with Crippen LogP contribution < -0.4 is 5.32 Å². The van der Waals surface area contributed by atoms with Gasteiger partial charge in [-0.2, -0.15) is 0 Å². The van der Waals surface area contributed by atoms with Gasteiger partial charge in [-0.15, -0.1) is 0 Å². The lowest BCUT2D eigenvalue weighted by Gasteiger charge is -2.19. The van der Waals surface area contributed by atoms with Crippen molar-refractivity contribution in [3.05, 3.63) is 0 Å². The fourth-order valence-corrected chi connectivity index (χ4v) is 3.63. The molecule has 0 radical (unpaired) electrons. The zero-order valence-electron chi connectivity index (χ0n) is 10.4. The predicted octanol–water partition coefficient (Wildman–Crippen LogP) is 1.05. The van der Waals surface area contributed by atoms with Crippen molar-refractivity contribution in [1.82, 2.24) is 9.62 Å². The van der Waals surface area contributed by atoms with Crippen LogP contribution in [-0.2, 0) is 10.0 Å². The predicted molar refractivity (Wildman–Crippen MR) is 66.9 cm³/mol. The quantitative estimate of drug-likeness (QED) is 0.740. The molecule has 0 aromatic rings. The highest BCUT2D eigenvalue weighted by molar-refractivity contribution is 7.89. The van der Waals surface area contributed by atoms with Crippen LogP contribution in [-0.4, -0.2) is 45.2 Å². The normalized spacial score (nSPS) is 24.2. The minimum Gasteiger partial charge on any atom is -0.320 e. The van der Waals surface area contributed by atoms with Crippen molar-refractivity contribution in [2.45, 2.75) is 32.6 Å². The van der Waals surface area contributed by atoms with E-state index >= 15 is 0 Å². The fourth-order valence-electron chi connectivity index (χ4n) is 2.08. The van der Waals surface area contributed by atoms with Crippen LogP contribution in [0.3, 0.4) is 0 Å². The van der Waals surface area contributed by atoms with Gasteiger partial charge in [-0.25, -0.2) is 12.7 Å². The molecule has 0 aromatic heterocycles. The molecule has 1 N–H and O–H groups in total. The van der Waals surface area contributed by atoms with Gasteiger partial charge in [0.25, 0.3) is 0 Å². The first-order valence-corrected chi connectivity index (χ1v) is 7.79. The monoisotopic (exact) mass is 248 g/mol. The molecule has 1 unspecified atom stereocenters. The SMILES string of the molecule is CNCCCS(=O)(=O)N1CCCC(C)CC1. The van der Waals surface area contributed by atoms with Crippen LogP contribution in [0.15, 0.2) is 0 Å². The van der Waals surface area contributed by atoms with Crippen LogP contribution >= 0.6 is 0 Å². The van der Waals surface area contributed by atoms with E-state index in [0.29, 0.717) is 25.4 Å². The molecule has 4 nitrogen and oxygen atoms in total. The summed E-state index contributed by atoms with van der Waals surface area (Å²) in [4.78, 5) is 0. The van der Waals surface area contributed by atoms with Crippen molar-refractivity contribution in [3.8, 4) is 0 Å². The highest BCUT2D eigenvalue weighted by atomic mass is 32.2. The molecule has 1 aliphatic rings. The van der Waals surface area contributed by atoms with E-state index in [1.54, 1.807) is 4.31 Å². The summed E-state index contributed by atoms with van der Waals surface area (Å²) in [5.41, 5.74) is 0. The van der Waals surface area contributed by atoms with Gasteiger partial charge < -0.3 is 5.32 Å². The molecule has 96 valence electrons. The minimum absolute atomic E-state index is 0.280. The van der Waals surface area contributed by atoms with E-state index in [4.69, 9.17) is 0 Å². The largest absolute Gasteiger partial charge is 0.320 e. The molecule has 1 saturated heterocycles. The Hall–Kier alpha value is -0.130. The Labute approximate surface area is 99.5 Å². The molecule has 0 amide bonds. The molecular weight excluding hydrogens is 224 g/mol. The van der Waals surface area contributed by atoms with Gasteiger partial charge in [0.2, 0.25) is 10.0 Å². The minimum atomic E-state index is -3.01. The molecule has 1 heterocycles. The number of nitrogens with zero attached hydrogens (tertiary/aromatic N) is 1. The van der Waals surface area contributed by atoms with Crippen molar-refractivity contribution < 1.29 is 8.42 Å². The van der Waals surface area contributed by atoms with E-state index < -0.39 is 10.0 Å². The van der Waals surface area contributed by atoms with Gasteiger partial charge in [0.15, 0.2) is 0 Å². The summed E-state index contributed by atoms with van der Waals surface area (Å²) in [6, 6.07) is 0. The average molecular weight is 248 g/mol. The molecule has 5 heteroatoms. The van der Waals surface area contributed by atoms with Crippen LogP contribution in [0.1, 0.15) is 32.6 Å². The summed E-state index contributed by atoms with van der Waals surface area (Å²) >= 11 is 0. The summed E-state index contributed by atoms with van der Waals surface area (Å²) in [6.45, 7) is 4.40. The molecule has 0 aromatic carbocycles. The molecule has 1 fully saturated rings. The number of sulfonamides is 1. The molecule has 1 atom stereocenters. The Kier molecular flexibility index (Phi) is 5.72.